The molecule has 18 heavy (non-hydrogen) atoms. The van der Waals surface area contributed by atoms with Crippen molar-refractivity contribution in [1.82, 2.24) is 4.90 Å². The molecule has 0 fully saturated rings. The van der Waals surface area contributed by atoms with E-state index in [2.05, 4.69) is 63.9 Å². The van der Waals surface area contributed by atoms with Crippen molar-refractivity contribution in [3.05, 3.63) is 35.4 Å². The maximum Gasteiger partial charge on any atom is 0.0275 e. The molecule has 0 spiro atoms. The van der Waals surface area contributed by atoms with Crippen molar-refractivity contribution < 1.29 is 0 Å². The van der Waals surface area contributed by atoms with Crippen molar-refractivity contribution in [2.24, 2.45) is 5.73 Å². The van der Waals surface area contributed by atoms with Gasteiger partial charge in [-0.1, -0.05) is 38.1 Å². The minimum Gasteiger partial charge on any atom is -0.329 e. The Bertz CT molecular complexity index is 354. The van der Waals surface area contributed by atoms with Gasteiger partial charge in [0, 0.05) is 18.6 Å². The second-order valence-corrected chi connectivity index (χ2v) is 5.92. The lowest BCUT2D eigenvalue weighted by molar-refractivity contribution is 0.156. The normalized spacial score (nSPS) is 13.9. The summed E-state index contributed by atoms with van der Waals surface area (Å²) in [5.74, 6) is 0.650. The first-order valence-electron chi connectivity index (χ1n) is 6.91. The molecule has 0 heterocycles. The molecule has 1 atom stereocenters. The SMILES string of the molecule is CCC(C)c1ccc(CN(C)C(C)(C)CN)cc1. The van der Waals surface area contributed by atoms with Gasteiger partial charge in [-0.25, -0.2) is 0 Å². The summed E-state index contributed by atoms with van der Waals surface area (Å²) in [7, 11) is 2.13. The third-order valence-electron chi connectivity index (χ3n) is 4.11. The first-order valence-corrected chi connectivity index (χ1v) is 6.91. The van der Waals surface area contributed by atoms with Crippen LogP contribution >= 0.6 is 0 Å². The Morgan fingerprint density at radius 2 is 1.78 bits per heavy atom. The molecule has 0 aliphatic carbocycles. The molecule has 0 saturated carbocycles. The minimum absolute atomic E-state index is 0.0510. The molecular formula is C16H28N2. The van der Waals surface area contributed by atoms with Crippen molar-refractivity contribution in [3.8, 4) is 0 Å². The molecule has 0 radical (unpaired) electrons. The maximum absolute atomic E-state index is 5.80. The van der Waals surface area contributed by atoms with Gasteiger partial charge in [-0.15, -0.1) is 0 Å². The van der Waals surface area contributed by atoms with E-state index in [1.54, 1.807) is 0 Å². The van der Waals surface area contributed by atoms with Gasteiger partial charge in [-0.2, -0.15) is 0 Å². The van der Waals surface area contributed by atoms with Crippen molar-refractivity contribution >= 4 is 0 Å². The van der Waals surface area contributed by atoms with Gasteiger partial charge < -0.3 is 5.73 Å². The van der Waals surface area contributed by atoms with Crippen molar-refractivity contribution in [2.75, 3.05) is 13.6 Å². The largest absolute Gasteiger partial charge is 0.329 e. The average Bonchev–Trinajstić information content (AvgIpc) is 2.38. The molecule has 2 N–H and O–H groups in total. The Morgan fingerprint density at radius 1 is 1.22 bits per heavy atom. The number of hydrogen-bond acceptors (Lipinski definition) is 2. The van der Waals surface area contributed by atoms with Crippen LogP contribution in [0.15, 0.2) is 24.3 Å². The van der Waals surface area contributed by atoms with Crippen LogP contribution in [0.4, 0.5) is 0 Å². The molecule has 2 nitrogen and oxygen atoms in total. The number of rotatable bonds is 6. The lowest BCUT2D eigenvalue weighted by atomic mass is 9.97. The zero-order valence-corrected chi connectivity index (χ0v) is 12.5. The lowest BCUT2D eigenvalue weighted by Crippen LogP contribution is -2.46. The third-order valence-corrected chi connectivity index (χ3v) is 4.11. The van der Waals surface area contributed by atoms with Crippen LogP contribution in [-0.4, -0.2) is 24.0 Å². The highest BCUT2D eigenvalue weighted by atomic mass is 15.2. The van der Waals surface area contributed by atoms with Crippen LogP contribution in [-0.2, 0) is 6.54 Å². The average molecular weight is 248 g/mol. The van der Waals surface area contributed by atoms with E-state index in [4.69, 9.17) is 5.73 Å². The molecule has 102 valence electrons. The second kappa shape index (κ2) is 6.35. The van der Waals surface area contributed by atoms with Crippen LogP contribution < -0.4 is 5.73 Å². The highest BCUT2D eigenvalue weighted by molar-refractivity contribution is 5.25. The van der Waals surface area contributed by atoms with Gasteiger partial charge in [0.1, 0.15) is 0 Å². The Morgan fingerprint density at radius 3 is 2.22 bits per heavy atom. The van der Waals surface area contributed by atoms with Gasteiger partial charge in [0.15, 0.2) is 0 Å². The second-order valence-electron chi connectivity index (χ2n) is 5.92. The van der Waals surface area contributed by atoms with E-state index >= 15 is 0 Å². The summed E-state index contributed by atoms with van der Waals surface area (Å²) >= 11 is 0. The molecular weight excluding hydrogens is 220 g/mol. The van der Waals surface area contributed by atoms with E-state index in [0.29, 0.717) is 12.5 Å². The summed E-state index contributed by atoms with van der Waals surface area (Å²) in [5, 5.41) is 0. The topological polar surface area (TPSA) is 29.3 Å². The standard InChI is InChI=1S/C16H28N2/c1-6-13(2)15-9-7-14(8-10-15)11-18(5)16(3,4)12-17/h7-10,13H,6,11-12,17H2,1-5H3. The minimum atomic E-state index is 0.0510. The van der Waals surface area contributed by atoms with Crippen LogP contribution in [0.1, 0.15) is 51.2 Å². The molecule has 1 unspecified atom stereocenters. The zero-order valence-electron chi connectivity index (χ0n) is 12.5. The van der Waals surface area contributed by atoms with Gasteiger partial charge in [-0.3, -0.25) is 4.90 Å². The van der Waals surface area contributed by atoms with Crippen molar-refractivity contribution in [2.45, 2.75) is 52.1 Å². The van der Waals surface area contributed by atoms with Gasteiger partial charge >= 0.3 is 0 Å². The molecule has 1 aromatic rings. The molecule has 0 aromatic heterocycles. The summed E-state index contributed by atoms with van der Waals surface area (Å²) in [4.78, 5) is 2.31. The van der Waals surface area contributed by atoms with Gasteiger partial charge in [0.05, 0.1) is 0 Å². The molecule has 0 aliphatic heterocycles. The third kappa shape index (κ3) is 3.82. The first-order chi connectivity index (χ1) is 8.40. The van der Waals surface area contributed by atoms with Crippen molar-refractivity contribution in [3.63, 3.8) is 0 Å². The van der Waals surface area contributed by atoms with Gasteiger partial charge in [0.25, 0.3) is 0 Å². The molecule has 1 aromatic carbocycles. The Kier molecular flexibility index (Phi) is 5.36. The Labute approximate surface area is 112 Å². The number of hydrogen-bond donors (Lipinski definition) is 1. The molecule has 0 bridgehead atoms. The van der Waals surface area contributed by atoms with Crippen LogP contribution in [0.3, 0.4) is 0 Å². The fourth-order valence-electron chi connectivity index (χ4n) is 1.83. The maximum atomic E-state index is 5.80. The fourth-order valence-corrected chi connectivity index (χ4v) is 1.83. The van der Waals surface area contributed by atoms with Crippen molar-refractivity contribution in [1.29, 1.82) is 0 Å². The zero-order chi connectivity index (χ0) is 13.8. The number of nitrogens with zero attached hydrogens (tertiary/aromatic N) is 1. The predicted molar refractivity (Wildman–Crippen MR) is 79.7 cm³/mol. The van der Waals surface area contributed by atoms with E-state index in [-0.39, 0.29) is 5.54 Å². The van der Waals surface area contributed by atoms with E-state index in [1.165, 1.54) is 17.5 Å². The molecule has 2 heteroatoms. The van der Waals surface area contributed by atoms with Gasteiger partial charge in [0.2, 0.25) is 0 Å². The predicted octanol–water partition coefficient (Wildman–Crippen LogP) is 3.37. The summed E-state index contributed by atoms with van der Waals surface area (Å²) in [6.07, 6.45) is 1.19. The first kappa shape index (κ1) is 15.2. The number of nitrogens with two attached hydrogens (primary N) is 1. The monoisotopic (exact) mass is 248 g/mol. The van der Waals surface area contributed by atoms with Crippen LogP contribution in [0.25, 0.3) is 0 Å². The highest BCUT2D eigenvalue weighted by Crippen LogP contribution is 2.20. The summed E-state index contributed by atoms with van der Waals surface area (Å²) in [6, 6.07) is 8.99. The Hall–Kier alpha value is -0.860. The molecule has 0 saturated heterocycles. The molecule has 0 aliphatic rings. The number of likely N-dealkylation sites (N-methyl/N-ethyl adjacent to an activating group) is 1. The number of benzene rings is 1. The quantitative estimate of drug-likeness (QED) is 0.836. The van der Waals surface area contributed by atoms with Crippen LogP contribution in [0.2, 0.25) is 0 Å². The van der Waals surface area contributed by atoms with E-state index < -0.39 is 0 Å². The van der Waals surface area contributed by atoms with Crippen LogP contribution in [0.5, 0.6) is 0 Å². The van der Waals surface area contributed by atoms with E-state index in [1.807, 2.05) is 0 Å². The fraction of sp³-hybridized carbons (Fsp3) is 0.625. The smallest absolute Gasteiger partial charge is 0.0275 e. The summed E-state index contributed by atoms with van der Waals surface area (Å²) in [5.41, 5.74) is 8.64. The Balaban J connectivity index is 2.69. The highest BCUT2D eigenvalue weighted by Gasteiger charge is 2.21. The van der Waals surface area contributed by atoms with Gasteiger partial charge in [-0.05, 0) is 44.4 Å². The van der Waals surface area contributed by atoms with E-state index in [0.717, 1.165) is 6.54 Å². The lowest BCUT2D eigenvalue weighted by Gasteiger charge is -2.34. The molecule has 1 rings (SSSR count). The summed E-state index contributed by atoms with van der Waals surface area (Å²) < 4.78 is 0. The molecule has 0 amide bonds. The van der Waals surface area contributed by atoms with Crippen LogP contribution in [0, 0.1) is 0 Å². The van der Waals surface area contributed by atoms with E-state index in [9.17, 15) is 0 Å². The summed E-state index contributed by atoms with van der Waals surface area (Å²) in [6.45, 7) is 10.5.